The summed E-state index contributed by atoms with van der Waals surface area (Å²) in [6, 6.07) is 5.24. The lowest BCUT2D eigenvalue weighted by atomic mass is 9.94. The van der Waals surface area contributed by atoms with Gasteiger partial charge in [-0.2, -0.15) is 0 Å². The first kappa shape index (κ1) is 16.8. The van der Waals surface area contributed by atoms with Crippen LogP contribution in [0.25, 0.3) is 0 Å². The summed E-state index contributed by atoms with van der Waals surface area (Å²) in [7, 11) is 1.58. The van der Waals surface area contributed by atoms with Gasteiger partial charge >= 0.3 is 5.97 Å². The van der Waals surface area contributed by atoms with Crippen molar-refractivity contribution in [3.63, 3.8) is 0 Å². The van der Waals surface area contributed by atoms with Crippen LogP contribution in [0.1, 0.15) is 19.4 Å². The van der Waals surface area contributed by atoms with Gasteiger partial charge in [-0.25, -0.2) is 0 Å². The molecule has 0 saturated carbocycles. The highest BCUT2D eigenvalue weighted by molar-refractivity contribution is 5.79. The standard InChI is InChI=1S/C15H21NO5/c1-10-7-11(5-6-12(10)20-4)21-8-13(17)16-9-15(2,3)14(18)19/h5-7H,8-9H2,1-4H3,(H,16,17)(H,18,19). The van der Waals surface area contributed by atoms with Crippen molar-refractivity contribution in [3.8, 4) is 11.5 Å². The summed E-state index contributed by atoms with van der Waals surface area (Å²) in [6.07, 6.45) is 0. The Hall–Kier alpha value is -2.24. The van der Waals surface area contributed by atoms with Crippen LogP contribution in [0.3, 0.4) is 0 Å². The largest absolute Gasteiger partial charge is 0.496 e. The zero-order valence-electron chi connectivity index (χ0n) is 12.7. The number of ether oxygens (including phenoxy) is 2. The molecule has 0 aromatic heterocycles. The van der Waals surface area contributed by atoms with Crippen molar-refractivity contribution < 1.29 is 24.2 Å². The number of hydrogen-bond acceptors (Lipinski definition) is 4. The maximum atomic E-state index is 11.6. The normalized spacial score (nSPS) is 10.9. The van der Waals surface area contributed by atoms with Gasteiger partial charge in [-0.1, -0.05) is 0 Å². The summed E-state index contributed by atoms with van der Waals surface area (Å²) in [5.41, 5.74) is -0.103. The number of benzene rings is 1. The van der Waals surface area contributed by atoms with E-state index >= 15 is 0 Å². The van der Waals surface area contributed by atoms with E-state index in [0.717, 1.165) is 11.3 Å². The Morgan fingerprint density at radius 3 is 2.52 bits per heavy atom. The van der Waals surface area contributed by atoms with Gasteiger partial charge in [0.1, 0.15) is 11.5 Å². The second kappa shape index (κ2) is 6.97. The summed E-state index contributed by atoms with van der Waals surface area (Å²) in [4.78, 5) is 22.6. The van der Waals surface area contributed by atoms with Gasteiger partial charge in [0, 0.05) is 6.54 Å². The number of aryl methyl sites for hydroxylation is 1. The molecule has 6 heteroatoms. The van der Waals surface area contributed by atoms with Crippen molar-refractivity contribution >= 4 is 11.9 Å². The average molecular weight is 295 g/mol. The Morgan fingerprint density at radius 2 is 2.00 bits per heavy atom. The van der Waals surface area contributed by atoms with E-state index in [2.05, 4.69) is 5.32 Å². The molecule has 0 aliphatic rings. The Balaban J connectivity index is 2.47. The summed E-state index contributed by atoms with van der Waals surface area (Å²) in [6.45, 7) is 4.85. The van der Waals surface area contributed by atoms with E-state index in [9.17, 15) is 9.59 Å². The highest BCUT2D eigenvalue weighted by Crippen LogP contribution is 2.22. The summed E-state index contributed by atoms with van der Waals surface area (Å²) >= 11 is 0. The van der Waals surface area contributed by atoms with Gasteiger partial charge in [0.25, 0.3) is 5.91 Å². The number of methoxy groups -OCH3 is 1. The molecule has 1 aromatic carbocycles. The maximum Gasteiger partial charge on any atom is 0.310 e. The summed E-state index contributed by atoms with van der Waals surface area (Å²) in [5, 5.41) is 11.5. The minimum atomic E-state index is -1.01. The second-order valence-corrected chi connectivity index (χ2v) is 5.39. The molecular weight excluding hydrogens is 274 g/mol. The molecule has 0 fully saturated rings. The Bertz CT molecular complexity index is 525. The Morgan fingerprint density at radius 1 is 1.33 bits per heavy atom. The molecule has 0 radical (unpaired) electrons. The molecule has 0 atom stereocenters. The zero-order chi connectivity index (χ0) is 16.0. The number of carboxylic acid groups (broad SMARTS) is 1. The van der Waals surface area contributed by atoms with Crippen LogP contribution in [0.4, 0.5) is 0 Å². The number of amides is 1. The van der Waals surface area contributed by atoms with E-state index < -0.39 is 11.4 Å². The second-order valence-electron chi connectivity index (χ2n) is 5.39. The SMILES string of the molecule is COc1ccc(OCC(=O)NCC(C)(C)C(=O)O)cc1C. The predicted molar refractivity (Wildman–Crippen MR) is 77.7 cm³/mol. The molecule has 1 rings (SSSR count). The number of carboxylic acids is 1. The fourth-order valence-corrected chi connectivity index (χ4v) is 1.54. The lowest BCUT2D eigenvalue weighted by molar-refractivity contribution is -0.146. The highest BCUT2D eigenvalue weighted by Gasteiger charge is 2.27. The van der Waals surface area contributed by atoms with Crippen LogP contribution in [0, 0.1) is 12.3 Å². The van der Waals surface area contributed by atoms with Crippen LogP contribution in [0.2, 0.25) is 0 Å². The topological polar surface area (TPSA) is 84.9 Å². The highest BCUT2D eigenvalue weighted by atomic mass is 16.5. The van der Waals surface area contributed by atoms with Crippen LogP contribution in [0.15, 0.2) is 18.2 Å². The lowest BCUT2D eigenvalue weighted by Gasteiger charge is -2.19. The molecule has 6 nitrogen and oxygen atoms in total. The van der Waals surface area contributed by atoms with Gasteiger partial charge in [-0.05, 0) is 44.5 Å². The van der Waals surface area contributed by atoms with Gasteiger partial charge in [-0.15, -0.1) is 0 Å². The molecule has 0 heterocycles. The molecule has 0 aliphatic carbocycles. The smallest absolute Gasteiger partial charge is 0.310 e. The van der Waals surface area contributed by atoms with Crippen molar-refractivity contribution in [2.24, 2.45) is 5.41 Å². The van der Waals surface area contributed by atoms with E-state index in [-0.39, 0.29) is 19.1 Å². The van der Waals surface area contributed by atoms with Crippen molar-refractivity contribution in [1.82, 2.24) is 5.32 Å². The van der Waals surface area contributed by atoms with Crippen molar-refractivity contribution in [2.45, 2.75) is 20.8 Å². The Kier molecular flexibility index (Phi) is 5.58. The molecule has 0 bridgehead atoms. The third-order valence-electron chi connectivity index (χ3n) is 3.04. The van der Waals surface area contributed by atoms with Crippen molar-refractivity contribution in [3.05, 3.63) is 23.8 Å². The lowest BCUT2D eigenvalue weighted by Crippen LogP contribution is -2.40. The fraction of sp³-hybridized carbons (Fsp3) is 0.467. The third kappa shape index (κ3) is 4.98. The Labute approximate surface area is 124 Å². The maximum absolute atomic E-state index is 11.6. The number of rotatable bonds is 7. The number of hydrogen-bond donors (Lipinski definition) is 2. The average Bonchev–Trinajstić information content (AvgIpc) is 2.43. The zero-order valence-corrected chi connectivity index (χ0v) is 12.7. The van der Waals surface area contributed by atoms with E-state index in [1.54, 1.807) is 39.2 Å². The van der Waals surface area contributed by atoms with E-state index in [4.69, 9.17) is 14.6 Å². The fourth-order valence-electron chi connectivity index (χ4n) is 1.54. The monoisotopic (exact) mass is 295 g/mol. The quantitative estimate of drug-likeness (QED) is 0.798. The molecule has 0 saturated heterocycles. The molecule has 116 valence electrons. The van der Waals surface area contributed by atoms with E-state index in [1.165, 1.54) is 0 Å². The van der Waals surface area contributed by atoms with Gasteiger partial charge in [0.05, 0.1) is 12.5 Å². The summed E-state index contributed by atoms with van der Waals surface area (Å²) < 4.78 is 10.5. The molecule has 0 unspecified atom stereocenters. The first-order chi connectivity index (χ1) is 9.76. The number of aliphatic carboxylic acids is 1. The minimum Gasteiger partial charge on any atom is -0.496 e. The van der Waals surface area contributed by atoms with Crippen molar-refractivity contribution in [1.29, 1.82) is 0 Å². The van der Waals surface area contributed by atoms with Crippen LogP contribution < -0.4 is 14.8 Å². The predicted octanol–water partition coefficient (Wildman–Crippen LogP) is 1.61. The molecule has 1 aromatic rings. The molecule has 0 aliphatic heterocycles. The van der Waals surface area contributed by atoms with Crippen LogP contribution in [0.5, 0.6) is 11.5 Å². The van der Waals surface area contributed by atoms with Crippen LogP contribution in [-0.2, 0) is 9.59 Å². The molecule has 1 amide bonds. The summed E-state index contributed by atoms with van der Waals surface area (Å²) in [5.74, 6) is -0.0248. The van der Waals surface area contributed by atoms with Crippen molar-refractivity contribution in [2.75, 3.05) is 20.3 Å². The van der Waals surface area contributed by atoms with Gasteiger partial charge in [-0.3, -0.25) is 9.59 Å². The first-order valence-electron chi connectivity index (χ1n) is 6.54. The molecule has 0 spiro atoms. The van der Waals surface area contributed by atoms with Crippen LogP contribution in [-0.4, -0.2) is 37.2 Å². The van der Waals surface area contributed by atoms with Gasteiger partial charge in [0.15, 0.2) is 6.61 Å². The number of carbonyl (C=O) groups is 2. The minimum absolute atomic E-state index is 0.0478. The van der Waals surface area contributed by atoms with E-state index in [1.807, 2.05) is 6.92 Å². The van der Waals surface area contributed by atoms with E-state index in [0.29, 0.717) is 5.75 Å². The third-order valence-corrected chi connectivity index (χ3v) is 3.04. The number of carbonyl (C=O) groups excluding carboxylic acids is 1. The van der Waals surface area contributed by atoms with Crippen LogP contribution >= 0.6 is 0 Å². The van der Waals surface area contributed by atoms with Gasteiger partial charge < -0.3 is 19.9 Å². The molecule has 2 N–H and O–H groups in total. The molecule has 21 heavy (non-hydrogen) atoms. The number of nitrogens with one attached hydrogen (secondary N) is 1. The van der Waals surface area contributed by atoms with Gasteiger partial charge in [0.2, 0.25) is 0 Å². The molecular formula is C15H21NO5. The first-order valence-corrected chi connectivity index (χ1v) is 6.54.